The van der Waals surface area contributed by atoms with Gasteiger partial charge in [0.05, 0.1) is 6.04 Å². The van der Waals surface area contributed by atoms with Crippen LogP contribution in [0.25, 0.3) is 0 Å². The maximum absolute atomic E-state index is 13.0. The first-order valence-electron chi connectivity index (χ1n) is 8.63. The number of anilines is 1. The minimum Gasteiger partial charge on any atom is -0.368 e. The summed E-state index contributed by atoms with van der Waals surface area (Å²) in [5.74, 6) is -0.233. The van der Waals surface area contributed by atoms with E-state index < -0.39 is 0 Å². The predicted octanol–water partition coefficient (Wildman–Crippen LogP) is 3.20. The number of aromatic nitrogens is 1. The van der Waals surface area contributed by atoms with E-state index in [4.69, 9.17) is 0 Å². The third kappa shape index (κ3) is 4.26. The van der Waals surface area contributed by atoms with Crippen LogP contribution in [0, 0.1) is 5.82 Å². The van der Waals surface area contributed by atoms with Crippen molar-refractivity contribution in [2.45, 2.75) is 19.4 Å². The van der Waals surface area contributed by atoms with Crippen LogP contribution in [0.5, 0.6) is 0 Å². The molecule has 0 saturated carbocycles. The molecule has 3 rings (SSSR count). The van der Waals surface area contributed by atoms with E-state index in [0.717, 1.165) is 30.8 Å². The summed E-state index contributed by atoms with van der Waals surface area (Å²) in [4.78, 5) is 20.6. The van der Waals surface area contributed by atoms with E-state index in [0.29, 0.717) is 13.1 Å². The molecule has 0 aliphatic carbocycles. The summed E-state index contributed by atoms with van der Waals surface area (Å²) >= 11 is 0. The van der Waals surface area contributed by atoms with Crippen LogP contribution in [-0.2, 0) is 0 Å². The maximum Gasteiger partial charge on any atom is 0.318 e. The molecule has 25 heavy (non-hydrogen) atoms. The zero-order chi connectivity index (χ0) is 17.6. The van der Waals surface area contributed by atoms with Crippen LogP contribution in [0.1, 0.15) is 24.9 Å². The van der Waals surface area contributed by atoms with Crippen molar-refractivity contribution < 1.29 is 9.18 Å². The molecule has 1 N–H and O–H groups in total. The van der Waals surface area contributed by atoms with Gasteiger partial charge < -0.3 is 15.1 Å². The van der Waals surface area contributed by atoms with E-state index in [-0.39, 0.29) is 17.9 Å². The van der Waals surface area contributed by atoms with Crippen LogP contribution in [0.3, 0.4) is 0 Å². The fourth-order valence-electron chi connectivity index (χ4n) is 3.08. The molecule has 1 atom stereocenters. The number of hydrogen-bond donors (Lipinski definition) is 1. The van der Waals surface area contributed by atoms with Gasteiger partial charge in [0, 0.05) is 44.3 Å². The summed E-state index contributed by atoms with van der Waals surface area (Å²) in [6.07, 6.45) is 4.31. The van der Waals surface area contributed by atoms with Crippen molar-refractivity contribution in [3.63, 3.8) is 0 Å². The molecule has 1 saturated heterocycles. The first-order valence-corrected chi connectivity index (χ1v) is 8.63. The summed E-state index contributed by atoms with van der Waals surface area (Å²) in [5.41, 5.74) is 2.06. The minimum atomic E-state index is -0.233. The van der Waals surface area contributed by atoms with Crippen LogP contribution < -0.4 is 10.2 Å². The number of hydrogen-bond acceptors (Lipinski definition) is 3. The van der Waals surface area contributed by atoms with E-state index in [1.165, 1.54) is 12.1 Å². The van der Waals surface area contributed by atoms with Crippen molar-refractivity contribution >= 4 is 11.7 Å². The molecule has 132 valence electrons. The topological polar surface area (TPSA) is 48.5 Å². The number of urea groups is 1. The molecule has 1 fully saturated rings. The molecular weight excluding hydrogens is 319 g/mol. The molecular formula is C19H23FN4O. The van der Waals surface area contributed by atoms with Crippen molar-refractivity contribution in [1.82, 2.24) is 15.2 Å². The highest BCUT2D eigenvalue weighted by atomic mass is 19.1. The highest BCUT2D eigenvalue weighted by Crippen LogP contribution is 2.19. The number of carbonyl (C=O) groups is 1. The average molecular weight is 342 g/mol. The third-order valence-electron chi connectivity index (χ3n) is 4.57. The monoisotopic (exact) mass is 342 g/mol. The molecule has 1 aliphatic rings. The molecule has 2 amide bonds. The van der Waals surface area contributed by atoms with Gasteiger partial charge in [-0.3, -0.25) is 4.98 Å². The van der Waals surface area contributed by atoms with Gasteiger partial charge in [0.15, 0.2) is 0 Å². The van der Waals surface area contributed by atoms with Gasteiger partial charge in [0.2, 0.25) is 0 Å². The maximum atomic E-state index is 13.0. The molecule has 1 aromatic heterocycles. The Morgan fingerprint density at radius 2 is 1.76 bits per heavy atom. The van der Waals surface area contributed by atoms with Gasteiger partial charge in [-0.25, -0.2) is 9.18 Å². The number of rotatable bonds is 4. The van der Waals surface area contributed by atoms with Crippen LogP contribution in [-0.4, -0.2) is 42.1 Å². The summed E-state index contributed by atoms with van der Waals surface area (Å²) in [5, 5.41) is 3.11. The number of pyridine rings is 1. The standard InChI is InChI=1S/C19H23FN4O/c1-2-18(15-7-9-21-10-8-15)22-19(25)24-13-11-23(12-14-24)17-5-3-16(20)4-6-17/h3-10,18H,2,11-14H2,1H3,(H,22,25)/t18-/m1/s1. The zero-order valence-electron chi connectivity index (χ0n) is 14.4. The second kappa shape index (κ2) is 7.96. The number of benzene rings is 1. The molecule has 0 spiro atoms. The quantitative estimate of drug-likeness (QED) is 0.928. The Morgan fingerprint density at radius 3 is 2.36 bits per heavy atom. The number of carbonyl (C=O) groups excluding carboxylic acids is 1. The van der Waals surface area contributed by atoms with E-state index in [1.807, 2.05) is 17.0 Å². The Kier molecular flexibility index (Phi) is 5.48. The fraction of sp³-hybridized carbons (Fsp3) is 0.368. The van der Waals surface area contributed by atoms with Crippen molar-refractivity contribution in [2.24, 2.45) is 0 Å². The number of piperazine rings is 1. The first-order chi connectivity index (χ1) is 12.2. The lowest BCUT2D eigenvalue weighted by Gasteiger charge is -2.36. The first kappa shape index (κ1) is 17.2. The lowest BCUT2D eigenvalue weighted by molar-refractivity contribution is 0.190. The number of amides is 2. The lowest BCUT2D eigenvalue weighted by atomic mass is 10.1. The summed E-state index contributed by atoms with van der Waals surface area (Å²) < 4.78 is 13.0. The smallest absolute Gasteiger partial charge is 0.318 e. The molecule has 0 unspecified atom stereocenters. The highest BCUT2D eigenvalue weighted by molar-refractivity contribution is 5.75. The van der Waals surface area contributed by atoms with Crippen LogP contribution in [0.4, 0.5) is 14.9 Å². The number of nitrogens with one attached hydrogen (secondary N) is 1. The van der Waals surface area contributed by atoms with Gasteiger partial charge in [-0.05, 0) is 48.4 Å². The molecule has 0 bridgehead atoms. The average Bonchev–Trinajstić information content (AvgIpc) is 2.67. The van der Waals surface area contributed by atoms with Gasteiger partial charge in [0.25, 0.3) is 0 Å². The summed E-state index contributed by atoms with van der Waals surface area (Å²) in [6, 6.07) is 10.3. The molecule has 0 radical (unpaired) electrons. The normalized spacial score (nSPS) is 15.8. The lowest BCUT2D eigenvalue weighted by Crippen LogP contribution is -2.52. The number of nitrogens with zero attached hydrogens (tertiary/aromatic N) is 3. The van der Waals surface area contributed by atoms with Gasteiger partial charge in [-0.2, -0.15) is 0 Å². The Balaban J connectivity index is 1.55. The Hall–Kier alpha value is -2.63. The minimum absolute atomic E-state index is 0.00868. The van der Waals surface area contributed by atoms with Gasteiger partial charge in [-0.1, -0.05) is 6.92 Å². The van der Waals surface area contributed by atoms with Crippen molar-refractivity contribution in [3.8, 4) is 0 Å². The van der Waals surface area contributed by atoms with Gasteiger partial charge in [-0.15, -0.1) is 0 Å². The molecule has 6 heteroatoms. The second-order valence-corrected chi connectivity index (χ2v) is 6.14. The van der Waals surface area contributed by atoms with Crippen LogP contribution in [0.2, 0.25) is 0 Å². The summed E-state index contributed by atoms with van der Waals surface area (Å²) in [6.45, 7) is 4.83. The van der Waals surface area contributed by atoms with E-state index in [9.17, 15) is 9.18 Å². The predicted molar refractivity (Wildman–Crippen MR) is 96.0 cm³/mol. The van der Waals surface area contributed by atoms with E-state index in [2.05, 4.69) is 22.1 Å². The molecule has 2 heterocycles. The van der Waals surface area contributed by atoms with E-state index in [1.54, 1.807) is 24.5 Å². The van der Waals surface area contributed by atoms with Crippen molar-refractivity contribution in [2.75, 3.05) is 31.1 Å². The summed E-state index contributed by atoms with van der Waals surface area (Å²) in [7, 11) is 0. The van der Waals surface area contributed by atoms with Crippen molar-refractivity contribution in [3.05, 3.63) is 60.2 Å². The Bertz CT molecular complexity index is 684. The number of halogens is 1. The largest absolute Gasteiger partial charge is 0.368 e. The van der Waals surface area contributed by atoms with Gasteiger partial charge >= 0.3 is 6.03 Å². The second-order valence-electron chi connectivity index (χ2n) is 6.14. The highest BCUT2D eigenvalue weighted by Gasteiger charge is 2.23. The van der Waals surface area contributed by atoms with Crippen LogP contribution in [0.15, 0.2) is 48.8 Å². The van der Waals surface area contributed by atoms with Gasteiger partial charge in [0.1, 0.15) is 5.82 Å². The Labute approximate surface area is 147 Å². The molecule has 1 aliphatic heterocycles. The molecule has 5 nitrogen and oxygen atoms in total. The SMILES string of the molecule is CC[C@@H](NC(=O)N1CCN(c2ccc(F)cc2)CC1)c1ccncc1. The van der Waals surface area contributed by atoms with Crippen LogP contribution >= 0.6 is 0 Å². The molecule has 1 aromatic carbocycles. The molecule has 2 aromatic rings. The third-order valence-corrected chi connectivity index (χ3v) is 4.57. The zero-order valence-corrected chi connectivity index (χ0v) is 14.4. The van der Waals surface area contributed by atoms with E-state index >= 15 is 0 Å². The fourth-order valence-corrected chi connectivity index (χ4v) is 3.08. The van der Waals surface area contributed by atoms with Crippen molar-refractivity contribution in [1.29, 1.82) is 0 Å². The Morgan fingerprint density at radius 1 is 1.12 bits per heavy atom.